The van der Waals surface area contributed by atoms with Gasteiger partial charge in [0.15, 0.2) is 0 Å². The number of rotatable bonds is 15. The van der Waals surface area contributed by atoms with Gasteiger partial charge >= 0.3 is 0 Å². The first-order valence-electron chi connectivity index (χ1n) is 14.5. The standard InChI is InChI=1S/C32H41F2N5O3/c1-5-10-39(11-6-2)32(42)24-13-21(4)12-23(17-24)31(41)38-28(16-22-14-25(33)18-26(34)15-22)29(40)20-35-19-27-8-9-36-30(7-3)37-27/h8-9,12-15,17-18,28-29,35,40H,5-7,10-11,16,19-20H2,1-4H3,(H,38,41)/t28-,29+/m0/s1. The van der Waals surface area contributed by atoms with Crippen molar-refractivity contribution in [2.45, 2.75) is 72.1 Å². The predicted molar refractivity (Wildman–Crippen MR) is 158 cm³/mol. The summed E-state index contributed by atoms with van der Waals surface area (Å²) in [6, 6.07) is 8.97. The maximum absolute atomic E-state index is 13.9. The van der Waals surface area contributed by atoms with Crippen molar-refractivity contribution in [1.82, 2.24) is 25.5 Å². The third kappa shape index (κ3) is 9.66. The van der Waals surface area contributed by atoms with Gasteiger partial charge in [-0.25, -0.2) is 18.7 Å². The maximum atomic E-state index is 13.9. The highest BCUT2D eigenvalue weighted by atomic mass is 19.1. The molecule has 42 heavy (non-hydrogen) atoms. The zero-order valence-corrected chi connectivity index (χ0v) is 24.8. The summed E-state index contributed by atoms with van der Waals surface area (Å²) in [5, 5.41) is 17.1. The average Bonchev–Trinajstić information content (AvgIpc) is 2.95. The summed E-state index contributed by atoms with van der Waals surface area (Å²) in [5.74, 6) is -1.44. The number of nitrogens with zero attached hydrogens (tertiary/aromatic N) is 3. The minimum Gasteiger partial charge on any atom is -0.390 e. The molecular weight excluding hydrogens is 540 g/mol. The molecule has 10 heteroatoms. The van der Waals surface area contributed by atoms with E-state index in [4.69, 9.17) is 0 Å². The van der Waals surface area contributed by atoms with Crippen molar-refractivity contribution >= 4 is 11.8 Å². The number of carbonyl (C=O) groups is 2. The molecule has 0 unspecified atom stereocenters. The minimum absolute atomic E-state index is 0.0187. The number of aromatic nitrogens is 2. The Morgan fingerprint density at radius 3 is 2.29 bits per heavy atom. The molecule has 0 radical (unpaired) electrons. The monoisotopic (exact) mass is 581 g/mol. The van der Waals surface area contributed by atoms with Crippen molar-refractivity contribution in [1.29, 1.82) is 0 Å². The topological polar surface area (TPSA) is 107 Å². The van der Waals surface area contributed by atoms with Crippen molar-refractivity contribution in [2.75, 3.05) is 19.6 Å². The summed E-state index contributed by atoms with van der Waals surface area (Å²) in [6.45, 7) is 9.44. The summed E-state index contributed by atoms with van der Waals surface area (Å²) >= 11 is 0. The summed E-state index contributed by atoms with van der Waals surface area (Å²) in [5.41, 5.74) is 2.44. The highest BCUT2D eigenvalue weighted by molar-refractivity contribution is 6.00. The molecule has 0 aliphatic heterocycles. The Bertz CT molecular complexity index is 1330. The zero-order valence-electron chi connectivity index (χ0n) is 24.8. The van der Waals surface area contributed by atoms with E-state index in [0.29, 0.717) is 37.4 Å². The lowest BCUT2D eigenvalue weighted by atomic mass is 9.99. The first-order valence-corrected chi connectivity index (χ1v) is 14.5. The Hall–Kier alpha value is -3.76. The number of aryl methyl sites for hydroxylation is 2. The smallest absolute Gasteiger partial charge is 0.253 e. The van der Waals surface area contributed by atoms with Crippen LogP contribution in [0.25, 0.3) is 0 Å². The van der Waals surface area contributed by atoms with Gasteiger partial charge in [0, 0.05) is 56.0 Å². The van der Waals surface area contributed by atoms with Crippen LogP contribution in [-0.4, -0.2) is 63.6 Å². The van der Waals surface area contributed by atoms with E-state index >= 15 is 0 Å². The van der Waals surface area contributed by atoms with Crippen LogP contribution in [0.3, 0.4) is 0 Å². The summed E-state index contributed by atoms with van der Waals surface area (Å²) in [7, 11) is 0. The van der Waals surface area contributed by atoms with Gasteiger partial charge in [0.2, 0.25) is 0 Å². The summed E-state index contributed by atoms with van der Waals surface area (Å²) < 4.78 is 27.9. The van der Waals surface area contributed by atoms with Gasteiger partial charge in [0.05, 0.1) is 17.8 Å². The molecule has 0 saturated heterocycles. The number of hydrogen-bond donors (Lipinski definition) is 3. The second-order valence-corrected chi connectivity index (χ2v) is 10.5. The van der Waals surface area contributed by atoms with Gasteiger partial charge in [0.25, 0.3) is 11.8 Å². The summed E-state index contributed by atoms with van der Waals surface area (Å²) in [4.78, 5) is 37.1. The van der Waals surface area contributed by atoms with E-state index in [0.717, 1.165) is 30.2 Å². The van der Waals surface area contributed by atoms with Crippen molar-refractivity contribution in [2.24, 2.45) is 0 Å². The highest BCUT2D eigenvalue weighted by Crippen LogP contribution is 2.16. The SMILES string of the molecule is CCCN(CCC)C(=O)c1cc(C)cc(C(=O)N[C@@H](Cc2cc(F)cc(F)c2)[C@H](O)CNCc2ccnc(CC)n2)c1. The Morgan fingerprint density at radius 1 is 0.976 bits per heavy atom. The van der Waals surface area contributed by atoms with Crippen LogP contribution < -0.4 is 10.6 Å². The van der Waals surface area contributed by atoms with E-state index in [1.165, 1.54) is 12.1 Å². The molecule has 3 aromatic rings. The van der Waals surface area contributed by atoms with Gasteiger partial charge in [-0.15, -0.1) is 0 Å². The van der Waals surface area contributed by atoms with Crippen molar-refractivity contribution < 1.29 is 23.5 Å². The van der Waals surface area contributed by atoms with Crippen LogP contribution in [0, 0.1) is 18.6 Å². The molecule has 0 bridgehead atoms. The lowest BCUT2D eigenvalue weighted by Crippen LogP contribution is -2.48. The Balaban J connectivity index is 1.80. The molecule has 2 amide bonds. The fourth-order valence-electron chi connectivity index (χ4n) is 4.79. The molecule has 226 valence electrons. The van der Waals surface area contributed by atoms with Crippen LogP contribution in [0.1, 0.15) is 77.0 Å². The van der Waals surface area contributed by atoms with Crippen molar-refractivity contribution in [3.8, 4) is 0 Å². The Kier molecular flexibility index (Phi) is 12.5. The molecule has 1 heterocycles. The van der Waals surface area contributed by atoms with Crippen molar-refractivity contribution in [3.05, 3.63) is 94.1 Å². The van der Waals surface area contributed by atoms with E-state index < -0.39 is 29.7 Å². The number of benzene rings is 2. The molecule has 0 saturated carbocycles. The molecule has 1 aromatic heterocycles. The van der Waals surface area contributed by atoms with Crippen LogP contribution in [0.2, 0.25) is 0 Å². The van der Waals surface area contributed by atoms with E-state index in [9.17, 15) is 23.5 Å². The second-order valence-electron chi connectivity index (χ2n) is 10.5. The van der Waals surface area contributed by atoms with Crippen LogP contribution in [-0.2, 0) is 19.4 Å². The average molecular weight is 582 g/mol. The predicted octanol–water partition coefficient (Wildman–Crippen LogP) is 4.38. The number of amides is 2. The van der Waals surface area contributed by atoms with Gasteiger partial charge in [-0.1, -0.05) is 20.8 Å². The fraction of sp³-hybridized carbons (Fsp3) is 0.438. The number of nitrogens with one attached hydrogen (secondary N) is 2. The van der Waals surface area contributed by atoms with Crippen LogP contribution in [0.15, 0.2) is 48.7 Å². The van der Waals surface area contributed by atoms with E-state index in [1.54, 1.807) is 42.3 Å². The lowest BCUT2D eigenvalue weighted by Gasteiger charge is -2.25. The molecule has 2 aromatic carbocycles. The number of carbonyl (C=O) groups excluding carboxylic acids is 2. The third-order valence-electron chi connectivity index (χ3n) is 6.76. The normalized spacial score (nSPS) is 12.5. The highest BCUT2D eigenvalue weighted by Gasteiger charge is 2.24. The van der Waals surface area contributed by atoms with Crippen LogP contribution >= 0.6 is 0 Å². The van der Waals surface area contributed by atoms with Crippen molar-refractivity contribution in [3.63, 3.8) is 0 Å². The quantitative estimate of drug-likeness (QED) is 0.246. The van der Waals surface area contributed by atoms with Gasteiger partial charge in [-0.3, -0.25) is 9.59 Å². The fourth-order valence-corrected chi connectivity index (χ4v) is 4.79. The summed E-state index contributed by atoms with van der Waals surface area (Å²) in [6.07, 6.45) is 2.87. The lowest BCUT2D eigenvalue weighted by molar-refractivity contribution is 0.0755. The third-order valence-corrected chi connectivity index (χ3v) is 6.76. The first kappa shape index (κ1) is 32.8. The van der Waals surface area contributed by atoms with Crippen LogP contribution in [0.4, 0.5) is 8.78 Å². The number of aliphatic hydroxyl groups is 1. The molecule has 0 fully saturated rings. The number of halogens is 2. The maximum Gasteiger partial charge on any atom is 0.253 e. The first-order chi connectivity index (χ1) is 20.1. The number of aliphatic hydroxyl groups excluding tert-OH is 1. The molecule has 8 nitrogen and oxygen atoms in total. The van der Waals surface area contributed by atoms with Gasteiger partial charge in [-0.05, 0) is 73.7 Å². The van der Waals surface area contributed by atoms with E-state index in [2.05, 4.69) is 20.6 Å². The molecular formula is C32H41F2N5O3. The molecule has 0 aliphatic carbocycles. The van der Waals surface area contributed by atoms with E-state index in [1.807, 2.05) is 20.8 Å². The minimum atomic E-state index is -1.11. The second kappa shape index (κ2) is 16.0. The molecule has 0 spiro atoms. The Morgan fingerprint density at radius 2 is 1.64 bits per heavy atom. The zero-order chi connectivity index (χ0) is 30.6. The van der Waals surface area contributed by atoms with Gasteiger partial charge in [0.1, 0.15) is 17.5 Å². The molecule has 2 atom stereocenters. The molecule has 3 N–H and O–H groups in total. The molecule has 0 aliphatic rings. The molecule has 3 rings (SSSR count). The van der Waals surface area contributed by atoms with Gasteiger partial charge in [-0.2, -0.15) is 0 Å². The van der Waals surface area contributed by atoms with Crippen LogP contribution in [0.5, 0.6) is 0 Å². The largest absolute Gasteiger partial charge is 0.390 e. The van der Waals surface area contributed by atoms with Gasteiger partial charge < -0.3 is 20.6 Å². The number of hydrogen-bond acceptors (Lipinski definition) is 6. The van der Waals surface area contributed by atoms with E-state index in [-0.39, 0.29) is 30.0 Å². The Labute approximate surface area is 246 Å².